The normalized spacial score (nSPS) is 25.0. The summed E-state index contributed by atoms with van der Waals surface area (Å²) in [6.07, 6.45) is -1.63. The van der Waals surface area contributed by atoms with Crippen molar-refractivity contribution in [2.75, 3.05) is 55.9 Å². The molecule has 1 fully saturated rings. The summed E-state index contributed by atoms with van der Waals surface area (Å²) in [7, 11) is 9.51. The first-order chi connectivity index (χ1) is 44.4. The second-order valence-electron chi connectivity index (χ2n) is 27.9. The van der Waals surface area contributed by atoms with Crippen molar-refractivity contribution in [1.29, 1.82) is 0 Å². The number of aliphatic hydroxyl groups excluding tert-OH is 1. The van der Waals surface area contributed by atoms with Gasteiger partial charge in [0.1, 0.15) is 66.2 Å². The van der Waals surface area contributed by atoms with Gasteiger partial charge in [-0.1, -0.05) is 90.0 Å². The van der Waals surface area contributed by atoms with Crippen LogP contribution in [0.5, 0.6) is 0 Å². The molecule has 2 heterocycles. The molecule has 1 saturated heterocycles. The Bertz CT molecular complexity index is 3100. The van der Waals surface area contributed by atoms with Crippen LogP contribution in [0, 0.1) is 35.5 Å². The Kier molecular flexibility index (Phi) is 30.5. The molecule has 0 spiro atoms. The molecule has 1 aromatic carbocycles. The predicted molar refractivity (Wildman–Crippen MR) is 358 cm³/mol. The van der Waals surface area contributed by atoms with Gasteiger partial charge in [-0.15, -0.1) is 0 Å². The lowest BCUT2D eigenvalue weighted by Gasteiger charge is -2.41. The maximum absolute atomic E-state index is 15.4. The number of carboxylic acid groups (broad SMARTS) is 2. The van der Waals surface area contributed by atoms with E-state index in [1.165, 1.54) is 89.7 Å². The summed E-state index contributed by atoms with van der Waals surface area (Å²) in [5.74, 6) is -13.6. The quantitative estimate of drug-likeness (QED) is 0.113. The number of likely N-dealkylation sites (N-methyl/N-ethyl adjacent to an activating group) is 7. The number of nitrogens with one attached hydrogen (secondary N) is 5. The standard InChI is InChI=1S/C67H109N13O16/c1-23-43-61(88)74(16)32-52(81)75(17)47(25-33(3)4)58(85)72-44(24-2)62(89)76(18)48(26-34(5)6)57(84)68-39(14)56(83)69-40(15)60(87)77(19)49(27-35(7)8)63(90)78(20)50(28-36(9)10)64(91)79(21)53(37(11)12)65(92)80(22)54(59(86)73-43)55(82)38(13)29-51-70-45-30-41(66(93)94)42(67(95)96)31-46(45)71-51/h30-31,33-40,43-44,47-50,53-55,82H,23-29,32H2,1-22H3,(H,68,84)(H,69,83)(H,70,71)(H,72,85)(H,73,86)(H,93,94)(H,95,96)/t38-,39+,40-,43+,44+,47+,48+,49+,50+,53+,54+,55-/m1/s1. The van der Waals surface area contributed by atoms with E-state index in [0.29, 0.717) is 0 Å². The van der Waals surface area contributed by atoms with Crippen molar-refractivity contribution in [1.82, 2.24) is 65.5 Å². The van der Waals surface area contributed by atoms with Crippen molar-refractivity contribution in [2.45, 2.75) is 215 Å². The summed E-state index contributed by atoms with van der Waals surface area (Å²) >= 11 is 0. The number of carboxylic acids is 2. The molecule has 1 aliphatic heterocycles. The largest absolute Gasteiger partial charge is 0.478 e. The summed E-state index contributed by atoms with van der Waals surface area (Å²) in [6.45, 7) is 24.9. The smallest absolute Gasteiger partial charge is 0.336 e. The molecule has 0 radical (unpaired) electrons. The van der Waals surface area contributed by atoms with Crippen LogP contribution in [-0.2, 0) is 59.2 Å². The fraction of sp³-hybridized carbons (Fsp3) is 0.701. The monoisotopic (exact) mass is 1350 g/mol. The molecule has 1 aliphatic rings. The average molecular weight is 1350 g/mol. The Morgan fingerprint density at radius 2 is 0.896 bits per heavy atom. The summed E-state index contributed by atoms with van der Waals surface area (Å²) in [5, 5.41) is 43.0. The highest BCUT2D eigenvalue weighted by Crippen LogP contribution is 2.27. The van der Waals surface area contributed by atoms with Gasteiger partial charge in [-0.25, -0.2) is 14.6 Å². The van der Waals surface area contributed by atoms with Crippen molar-refractivity contribution in [2.24, 2.45) is 35.5 Å². The summed E-state index contributed by atoms with van der Waals surface area (Å²) in [5.41, 5.74) is -0.830. The fourth-order valence-electron chi connectivity index (χ4n) is 12.0. The number of H-pyrrole nitrogens is 1. The zero-order chi connectivity index (χ0) is 73.6. The first kappa shape index (κ1) is 82.0. The zero-order valence-electron chi connectivity index (χ0n) is 60.4. The van der Waals surface area contributed by atoms with Crippen LogP contribution < -0.4 is 21.3 Å². The topological polar surface area (TPSA) is 382 Å². The Hall–Kier alpha value is -8.24. The van der Waals surface area contributed by atoms with Gasteiger partial charge in [-0.2, -0.15) is 0 Å². The minimum atomic E-state index is -1.86. The molecule has 29 heteroatoms. The Labute approximate surface area is 564 Å². The minimum Gasteiger partial charge on any atom is -0.478 e. The van der Waals surface area contributed by atoms with Gasteiger partial charge in [0.2, 0.25) is 65.0 Å². The molecular formula is C67H109N13O16. The van der Waals surface area contributed by atoms with E-state index in [0.717, 1.165) is 26.8 Å². The van der Waals surface area contributed by atoms with Gasteiger partial charge in [-0.3, -0.25) is 52.7 Å². The van der Waals surface area contributed by atoms with Crippen molar-refractivity contribution in [3.63, 3.8) is 0 Å². The second kappa shape index (κ2) is 35.7. The lowest BCUT2D eigenvalue weighted by atomic mass is 9.91. The third kappa shape index (κ3) is 20.9. The number of aliphatic hydroxyl groups is 1. The molecule has 11 amide bonds. The van der Waals surface area contributed by atoms with Crippen molar-refractivity contribution < 1.29 is 77.6 Å². The fourth-order valence-corrected chi connectivity index (χ4v) is 12.0. The lowest BCUT2D eigenvalue weighted by molar-refractivity contribution is -0.157. The Balaban J connectivity index is 2.34. The summed E-state index contributed by atoms with van der Waals surface area (Å²) in [4.78, 5) is 201. The Morgan fingerprint density at radius 3 is 1.38 bits per heavy atom. The highest BCUT2D eigenvalue weighted by atomic mass is 16.4. The van der Waals surface area contributed by atoms with E-state index in [4.69, 9.17) is 0 Å². The highest BCUT2D eigenvalue weighted by Gasteiger charge is 2.46. The molecule has 3 rings (SSSR count). The number of benzene rings is 1. The van der Waals surface area contributed by atoms with Crippen LogP contribution in [0.4, 0.5) is 0 Å². The first-order valence-electron chi connectivity index (χ1n) is 33.2. The molecule has 0 saturated carbocycles. The van der Waals surface area contributed by atoms with Crippen LogP contribution in [0.1, 0.15) is 169 Å². The minimum absolute atomic E-state index is 0.0548. The van der Waals surface area contributed by atoms with Gasteiger partial charge in [0.25, 0.3) is 0 Å². The van der Waals surface area contributed by atoms with Gasteiger partial charge in [0.05, 0.1) is 34.8 Å². The summed E-state index contributed by atoms with van der Waals surface area (Å²) in [6, 6.07) is -11.0. The van der Waals surface area contributed by atoms with Gasteiger partial charge in [-0.05, 0) is 100 Å². The van der Waals surface area contributed by atoms with E-state index in [1.54, 1.807) is 27.7 Å². The molecule has 2 aromatic rings. The second-order valence-corrected chi connectivity index (χ2v) is 27.9. The average Bonchev–Trinajstić information content (AvgIpc) is 1.76. The van der Waals surface area contributed by atoms with Crippen LogP contribution in [-0.4, -0.2) is 259 Å². The maximum atomic E-state index is 15.4. The van der Waals surface area contributed by atoms with Gasteiger partial charge in [0.15, 0.2) is 0 Å². The van der Waals surface area contributed by atoms with Crippen molar-refractivity contribution >= 4 is 88.0 Å². The number of aromatic carboxylic acids is 2. The van der Waals surface area contributed by atoms with Gasteiger partial charge < -0.3 is 75.9 Å². The van der Waals surface area contributed by atoms with Crippen LogP contribution >= 0.6 is 0 Å². The number of hydrogen-bond acceptors (Lipinski definition) is 15. The molecule has 8 N–H and O–H groups in total. The van der Waals surface area contributed by atoms with Crippen LogP contribution in [0.25, 0.3) is 11.0 Å². The number of nitrogens with zero attached hydrogens (tertiary/aromatic N) is 8. The SMILES string of the molecule is CC[C@@H]1NC(=O)[C@H]([C@H](O)[C@H](C)Cc2nc3cc(C(=O)O)c(C(=O)O)cc3[nH]2)N(C)C(=O)[C@H](C(C)C)N(C)C(=O)[C@H](CC(C)C)N(C)C(=O)[C@H](CC(C)C)N(C)C(=O)[C@@H](C)NC(=O)[C@H](C)NC(=O)[C@H](CC(C)C)N(C)C(=O)[C@H](CC)NC(=O)[C@H](CC(C)C)N(C)C(=O)CN(C)C1=O. The molecular weight excluding hydrogens is 1240 g/mol. The molecule has 96 heavy (non-hydrogen) atoms. The number of imidazole rings is 1. The Morgan fingerprint density at radius 1 is 0.490 bits per heavy atom. The van der Waals surface area contributed by atoms with E-state index >= 15 is 19.2 Å². The molecule has 538 valence electrons. The number of carbonyl (C=O) groups is 13. The lowest BCUT2D eigenvalue weighted by Crippen LogP contribution is -2.63. The highest BCUT2D eigenvalue weighted by molar-refractivity contribution is 6.05. The van der Waals surface area contributed by atoms with Crippen LogP contribution in [0.3, 0.4) is 0 Å². The molecule has 0 bridgehead atoms. The van der Waals surface area contributed by atoms with Crippen LogP contribution in [0.2, 0.25) is 0 Å². The third-order valence-corrected chi connectivity index (χ3v) is 17.8. The van der Waals surface area contributed by atoms with Crippen LogP contribution in [0.15, 0.2) is 12.1 Å². The number of carbonyl (C=O) groups excluding carboxylic acids is 11. The van der Waals surface area contributed by atoms with Gasteiger partial charge in [0, 0.05) is 55.8 Å². The molecule has 1 aromatic heterocycles. The zero-order valence-corrected chi connectivity index (χ0v) is 60.4. The molecule has 0 aliphatic carbocycles. The van der Waals surface area contributed by atoms with E-state index < -0.39 is 173 Å². The number of fused-ring (bicyclic) bond motifs is 1. The number of hydrogen-bond donors (Lipinski definition) is 8. The molecule has 29 nitrogen and oxygen atoms in total. The van der Waals surface area contributed by atoms with Crippen molar-refractivity contribution in [3.8, 4) is 0 Å². The number of aromatic nitrogens is 2. The number of rotatable bonds is 17. The van der Waals surface area contributed by atoms with Crippen molar-refractivity contribution in [3.05, 3.63) is 29.1 Å². The third-order valence-electron chi connectivity index (χ3n) is 17.8. The van der Waals surface area contributed by atoms with E-state index in [2.05, 4.69) is 31.2 Å². The number of amides is 11. The maximum Gasteiger partial charge on any atom is 0.336 e. The van der Waals surface area contributed by atoms with E-state index in [-0.39, 0.29) is 85.5 Å². The molecule has 12 atom stereocenters. The van der Waals surface area contributed by atoms with E-state index in [9.17, 15) is 58.5 Å². The van der Waals surface area contributed by atoms with E-state index in [1.807, 2.05) is 55.4 Å². The molecule has 0 unspecified atom stereocenters. The summed E-state index contributed by atoms with van der Waals surface area (Å²) < 4.78 is 0. The van der Waals surface area contributed by atoms with Gasteiger partial charge >= 0.3 is 11.9 Å². The predicted octanol–water partition coefficient (Wildman–Crippen LogP) is 2.57. The number of aromatic amines is 1. The first-order valence-corrected chi connectivity index (χ1v) is 33.2.